The van der Waals surface area contributed by atoms with Gasteiger partial charge in [0, 0.05) is 18.3 Å². The molecule has 0 saturated heterocycles. The average Bonchev–Trinajstić information content (AvgIpc) is 2.33. The van der Waals surface area contributed by atoms with E-state index in [2.05, 4.69) is 13.8 Å². The van der Waals surface area contributed by atoms with E-state index in [4.69, 9.17) is 4.74 Å². The predicted molar refractivity (Wildman–Crippen MR) is 81.1 cm³/mol. The number of carbonyl (C=O) groups excluding carboxylic acids is 1. The minimum atomic E-state index is -1.79. The van der Waals surface area contributed by atoms with E-state index in [1.54, 1.807) is 6.92 Å². The molecule has 0 unspecified atom stereocenters. The van der Waals surface area contributed by atoms with Crippen LogP contribution in [0.1, 0.15) is 60.3 Å². The van der Waals surface area contributed by atoms with Gasteiger partial charge in [-0.3, -0.25) is 4.79 Å². The topological polar surface area (TPSA) is 83.8 Å². The first kappa shape index (κ1) is 17.3. The summed E-state index contributed by atoms with van der Waals surface area (Å²) in [5, 5.41) is 20.9. The van der Waals surface area contributed by atoms with Gasteiger partial charge in [-0.25, -0.2) is 4.79 Å². The van der Waals surface area contributed by atoms with Crippen molar-refractivity contribution in [2.24, 2.45) is 22.7 Å². The summed E-state index contributed by atoms with van der Waals surface area (Å²) in [6, 6.07) is 0. The molecule has 22 heavy (non-hydrogen) atoms. The van der Waals surface area contributed by atoms with Crippen molar-refractivity contribution in [1.29, 1.82) is 0 Å². The average molecular weight is 312 g/mol. The predicted octanol–water partition coefficient (Wildman–Crippen LogP) is 2.61. The van der Waals surface area contributed by atoms with E-state index in [-0.39, 0.29) is 23.4 Å². The Morgan fingerprint density at radius 1 is 1.18 bits per heavy atom. The minimum Gasteiger partial charge on any atom is -0.479 e. The number of esters is 1. The van der Waals surface area contributed by atoms with Crippen molar-refractivity contribution < 1.29 is 24.5 Å². The number of aliphatic carboxylic acids is 1. The Morgan fingerprint density at radius 3 is 2.27 bits per heavy atom. The van der Waals surface area contributed by atoms with Gasteiger partial charge in [-0.05, 0) is 30.6 Å². The highest BCUT2D eigenvalue weighted by Crippen LogP contribution is 2.63. The van der Waals surface area contributed by atoms with Gasteiger partial charge in [-0.2, -0.15) is 0 Å². The van der Waals surface area contributed by atoms with Crippen LogP contribution in [0.2, 0.25) is 0 Å². The summed E-state index contributed by atoms with van der Waals surface area (Å²) in [4.78, 5) is 23.4. The number of carbonyl (C=O) groups is 2. The lowest BCUT2D eigenvalue weighted by Gasteiger charge is -2.62. The molecule has 2 aliphatic rings. The SMILES string of the molecule is CC(=O)O[C@@H]1C[C@@H](C)[C@@](O)(C(=O)O)[C@@]2(C)CCCC(C)(C)[C@@H]12. The third-order valence-electron chi connectivity index (χ3n) is 6.23. The van der Waals surface area contributed by atoms with Crippen LogP contribution in [0.15, 0.2) is 0 Å². The van der Waals surface area contributed by atoms with Crippen molar-refractivity contribution in [1.82, 2.24) is 0 Å². The Balaban J connectivity index is 2.56. The maximum Gasteiger partial charge on any atom is 0.336 e. The lowest BCUT2D eigenvalue weighted by atomic mass is 9.44. The van der Waals surface area contributed by atoms with Crippen LogP contribution in [-0.2, 0) is 14.3 Å². The van der Waals surface area contributed by atoms with E-state index >= 15 is 0 Å². The zero-order valence-electron chi connectivity index (χ0n) is 14.2. The zero-order valence-corrected chi connectivity index (χ0v) is 14.2. The molecule has 2 saturated carbocycles. The van der Waals surface area contributed by atoms with Crippen molar-refractivity contribution in [2.75, 3.05) is 0 Å². The second kappa shape index (κ2) is 5.22. The molecule has 2 fully saturated rings. The van der Waals surface area contributed by atoms with E-state index < -0.39 is 22.9 Å². The molecular weight excluding hydrogens is 284 g/mol. The molecule has 5 nitrogen and oxygen atoms in total. The van der Waals surface area contributed by atoms with Gasteiger partial charge in [0.25, 0.3) is 0 Å². The molecule has 0 aliphatic heterocycles. The molecule has 0 spiro atoms. The summed E-state index contributed by atoms with van der Waals surface area (Å²) in [6.45, 7) is 9.16. The van der Waals surface area contributed by atoms with Crippen molar-refractivity contribution in [3.05, 3.63) is 0 Å². The highest BCUT2D eigenvalue weighted by molar-refractivity contribution is 5.79. The monoisotopic (exact) mass is 312 g/mol. The van der Waals surface area contributed by atoms with E-state index in [9.17, 15) is 19.8 Å². The number of carboxylic acids is 1. The number of hydrogen-bond acceptors (Lipinski definition) is 4. The Hall–Kier alpha value is -1.10. The van der Waals surface area contributed by atoms with Crippen LogP contribution in [0.3, 0.4) is 0 Å². The van der Waals surface area contributed by atoms with Crippen molar-refractivity contribution in [2.45, 2.75) is 72.0 Å². The Morgan fingerprint density at radius 2 is 1.77 bits per heavy atom. The van der Waals surface area contributed by atoms with Gasteiger partial charge >= 0.3 is 11.9 Å². The van der Waals surface area contributed by atoms with Gasteiger partial charge in [0.1, 0.15) is 6.10 Å². The third-order valence-corrected chi connectivity index (χ3v) is 6.23. The summed E-state index contributed by atoms with van der Waals surface area (Å²) in [5.41, 5.74) is -2.78. The van der Waals surface area contributed by atoms with Crippen molar-refractivity contribution in [3.8, 4) is 0 Å². The summed E-state index contributed by atoms with van der Waals surface area (Å²) < 4.78 is 5.56. The van der Waals surface area contributed by atoms with E-state index in [0.717, 1.165) is 12.8 Å². The van der Waals surface area contributed by atoms with Crippen LogP contribution in [0.5, 0.6) is 0 Å². The lowest BCUT2D eigenvalue weighted by molar-refractivity contribution is -0.249. The van der Waals surface area contributed by atoms with Gasteiger partial charge in [0.2, 0.25) is 0 Å². The number of aliphatic hydroxyl groups is 1. The molecular formula is C17H28O5. The number of hydrogen-bond donors (Lipinski definition) is 2. The van der Waals surface area contributed by atoms with Gasteiger partial charge in [-0.1, -0.05) is 34.1 Å². The van der Waals surface area contributed by atoms with Crippen LogP contribution < -0.4 is 0 Å². The normalized spacial score (nSPS) is 44.0. The molecule has 0 bridgehead atoms. The Labute approximate surface area is 132 Å². The second-order valence-electron chi connectivity index (χ2n) is 8.09. The smallest absolute Gasteiger partial charge is 0.336 e. The molecule has 5 heteroatoms. The summed E-state index contributed by atoms with van der Waals surface area (Å²) >= 11 is 0. The highest BCUT2D eigenvalue weighted by Gasteiger charge is 2.68. The van der Waals surface area contributed by atoms with E-state index in [0.29, 0.717) is 12.8 Å². The van der Waals surface area contributed by atoms with Crippen LogP contribution in [0, 0.1) is 22.7 Å². The quantitative estimate of drug-likeness (QED) is 0.766. The lowest BCUT2D eigenvalue weighted by Crippen LogP contribution is -2.69. The fraction of sp³-hybridized carbons (Fsp3) is 0.882. The van der Waals surface area contributed by atoms with Gasteiger partial charge in [-0.15, -0.1) is 0 Å². The fourth-order valence-corrected chi connectivity index (χ4v) is 5.43. The molecule has 2 N–H and O–H groups in total. The molecule has 2 aliphatic carbocycles. The van der Waals surface area contributed by atoms with Crippen LogP contribution >= 0.6 is 0 Å². The highest BCUT2D eigenvalue weighted by atomic mass is 16.5. The minimum absolute atomic E-state index is 0.171. The molecule has 0 aromatic carbocycles. The van der Waals surface area contributed by atoms with Crippen LogP contribution in [0.4, 0.5) is 0 Å². The fourth-order valence-electron chi connectivity index (χ4n) is 5.43. The maximum absolute atomic E-state index is 11.9. The van der Waals surface area contributed by atoms with Gasteiger partial charge in [0.05, 0.1) is 0 Å². The molecule has 2 rings (SSSR count). The van der Waals surface area contributed by atoms with Crippen LogP contribution in [-0.4, -0.2) is 33.9 Å². The van der Waals surface area contributed by atoms with E-state index in [1.807, 2.05) is 6.92 Å². The molecule has 0 heterocycles. The summed E-state index contributed by atoms with van der Waals surface area (Å²) in [5.74, 6) is -2.15. The number of ether oxygens (including phenoxy) is 1. The first-order valence-electron chi connectivity index (χ1n) is 8.10. The van der Waals surface area contributed by atoms with Gasteiger partial charge in [0.15, 0.2) is 5.60 Å². The standard InChI is InChI=1S/C17H28O5/c1-10-9-12(22-11(2)18)13-15(3,4)7-6-8-16(13,5)17(10,21)14(19)20/h10,12-13,21H,6-9H2,1-5H3,(H,19,20)/t10-,12-,13-,16+,17-/m1/s1. The van der Waals surface area contributed by atoms with Crippen molar-refractivity contribution in [3.63, 3.8) is 0 Å². The first-order valence-corrected chi connectivity index (χ1v) is 8.10. The summed E-state index contributed by atoms with van der Waals surface area (Å²) in [6.07, 6.45) is 2.48. The number of carboxylic acid groups (broad SMARTS) is 1. The second-order valence-corrected chi connectivity index (χ2v) is 8.09. The molecule has 0 aromatic heterocycles. The molecule has 0 radical (unpaired) electrons. The first-order chi connectivity index (χ1) is 9.96. The third kappa shape index (κ3) is 2.25. The Kier molecular flexibility index (Phi) is 4.10. The maximum atomic E-state index is 11.9. The van der Waals surface area contributed by atoms with Crippen molar-refractivity contribution >= 4 is 11.9 Å². The Bertz CT molecular complexity index is 485. The molecule has 5 atom stereocenters. The van der Waals surface area contributed by atoms with E-state index in [1.165, 1.54) is 6.92 Å². The van der Waals surface area contributed by atoms with Gasteiger partial charge < -0.3 is 14.9 Å². The zero-order chi connectivity index (χ0) is 16.9. The summed E-state index contributed by atoms with van der Waals surface area (Å²) in [7, 11) is 0. The van der Waals surface area contributed by atoms with Crippen LogP contribution in [0.25, 0.3) is 0 Å². The number of fused-ring (bicyclic) bond motifs is 1. The molecule has 0 amide bonds. The molecule has 126 valence electrons. The molecule has 0 aromatic rings. The number of rotatable bonds is 2. The largest absolute Gasteiger partial charge is 0.479 e.